The van der Waals surface area contributed by atoms with Crippen molar-refractivity contribution in [1.29, 1.82) is 0 Å². The number of hydrogen-bond donors (Lipinski definition) is 5. The van der Waals surface area contributed by atoms with Crippen LogP contribution in [0.15, 0.2) is 47.5 Å². The number of carbonyl (C=O) groups excluding carboxylic acids is 5. The molecule has 0 spiro atoms. The lowest BCUT2D eigenvalue weighted by molar-refractivity contribution is -0.136. The lowest BCUT2D eigenvalue weighted by atomic mass is 9.61. The summed E-state index contributed by atoms with van der Waals surface area (Å²) in [5.41, 5.74) is 2.17. The van der Waals surface area contributed by atoms with Crippen molar-refractivity contribution in [2.75, 3.05) is 27.2 Å². The van der Waals surface area contributed by atoms with E-state index in [0.717, 1.165) is 0 Å². The molecule has 218 valence electrons. The van der Waals surface area contributed by atoms with Gasteiger partial charge >= 0.3 is 0 Å². The Balaban J connectivity index is 1.88. The van der Waals surface area contributed by atoms with Gasteiger partial charge in [0.2, 0.25) is 5.91 Å². The average molecular weight is 568 g/mol. The van der Waals surface area contributed by atoms with Gasteiger partial charge in [0, 0.05) is 31.4 Å². The van der Waals surface area contributed by atoms with E-state index < -0.39 is 70.2 Å². The highest BCUT2D eigenvalue weighted by Crippen LogP contribution is 2.52. The van der Waals surface area contributed by atoms with Gasteiger partial charge in [-0.25, -0.2) is 0 Å². The molecule has 2 amide bonds. The number of rotatable bonds is 7. The molecule has 0 aliphatic heterocycles. The molecule has 3 aliphatic rings. The lowest BCUT2D eigenvalue weighted by Gasteiger charge is -2.49. The molecule has 1 aromatic carbocycles. The summed E-state index contributed by atoms with van der Waals surface area (Å²) in [7, 11) is 3.07. The van der Waals surface area contributed by atoms with Crippen molar-refractivity contribution in [3.63, 3.8) is 0 Å². The second kappa shape index (κ2) is 10.6. The van der Waals surface area contributed by atoms with Gasteiger partial charge in [0.05, 0.1) is 18.2 Å². The van der Waals surface area contributed by atoms with Gasteiger partial charge in [-0.3, -0.25) is 28.9 Å². The number of aliphatic hydroxyl groups is 3. The maximum absolute atomic E-state index is 13.5. The van der Waals surface area contributed by atoms with Crippen molar-refractivity contribution in [3.8, 4) is 5.75 Å². The number of phenols is 1. The zero-order valence-electron chi connectivity index (χ0n) is 23.0. The number of primary amides is 1. The predicted molar refractivity (Wildman–Crippen MR) is 145 cm³/mol. The maximum atomic E-state index is 13.5. The molecule has 6 N–H and O–H groups in total. The minimum atomic E-state index is -2.58. The molecule has 12 heteroatoms. The Morgan fingerprint density at radius 3 is 2.37 bits per heavy atom. The monoisotopic (exact) mass is 567 g/mol. The summed E-state index contributed by atoms with van der Waals surface area (Å²) >= 11 is 0. The topological polar surface area (TPSA) is 199 Å². The number of carbonyl (C=O) groups is 5. The van der Waals surface area contributed by atoms with Crippen LogP contribution in [0, 0.1) is 11.8 Å². The fraction of sp³-hybridized carbons (Fsp3) is 0.414. The highest BCUT2D eigenvalue weighted by molar-refractivity contribution is 6.22. The zero-order valence-corrected chi connectivity index (χ0v) is 23.0. The van der Waals surface area contributed by atoms with E-state index in [-0.39, 0.29) is 59.9 Å². The van der Waals surface area contributed by atoms with E-state index in [2.05, 4.69) is 6.58 Å². The molecule has 0 bridgehead atoms. The third kappa shape index (κ3) is 4.62. The van der Waals surface area contributed by atoms with Crippen LogP contribution in [0.25, 0.3) is 0 Å². The number of aliphatic hydroxyl groups excluding tert-OH is 2. The van der Waals surface area contributed by atoms with Crippen molar-refractivity contribution in [1.82, 2.24) is 9.80 Å². The number of ketones is 3. The van der Waals surface area contributed by atoms with E-state index in [1.807, 2.05) is 0 Å². The number of allylic oxidation sites excluding steroid dienone is 1. The highest BCUT2D eigenvalue weighted by atomic mass is 16.4. The minimum Gasteiger partial charge on any atom is -0.509 e. The van der Waals surface area contributed by atoms with E-state index in [4.69, 9.17) is 5.73 Å². The van der Waals surface area contributed by atoms with Crippen molar-refractivity contribution in [2.24, 2.45) is 17.6 Å². The number of nitrogens with two attached hydrogens (primary N) is 1. The Labute approximate surface area is 236 Å². The first-order valence-electron chi connectivity index (χ1n) is 13.0. The Morgan fingerprint density at radius 2 is 1.80 bits per heavy atom. The van der Waals surface area contributed by atoms with Crippen LogP contribution < -0.4 is 5.73 Å². The molecule has 4 rings (SSSR count). The number of hydrogen-bond acceptors (Lipinski definition) is 10. The molecule has 0 aromatic heterocycles. The van der Waals surface area contributed by atoms with Crippen LogP contribution in [0.5, 0.6) is 5.75 Å². The molecule has 0 saturated carbocycles. The SMILES string of the molecule is C=CCN(CC(=O)c1ccc(O)c2c1C[C@H]1C[C@H]3[C@H](N(C)C)C(=O)C(C(N)=O)=C(O)[C@@]3(O)C(O)=C1CC2=O)C(C)=O. The normalized spacial score (nSPS) is 25.7. The van der Waals surface area contributed by atoms with Crippen LogP contribution in [0.3, 0.4) is 0 Å². The molecular weight excluding hydrogens is 534 g/mol. The molecule has 12 nitrogen and oxygen atoms in total. The largest absolute Gasteiger partial charge is 0.509 e. The van der Waals surface area contributed by atoms with Gasteiger partial charge in [0.15, 0.2) is 23.0 Å². The van der Waals surface area contributed by atoms with Crippen molar-refractivity contribution in [2.45, 2.75) is 37.8 Å². The van der Waals surface area contributed by atoms with Gasteiger partial charge in [-0.05, 0) is 56.1 Å². The quantitative estimate of drug-likeness (QED) is 0.178. The second-order valence-electron chi connectivity index (χ2n) is 10.9. The highest BCUT2D eigenvalue weighted by Gasteiger charge is 2.61. The molecule has 0 radical (unpaired) electrons. The number of phenolic OH excluding ortho intramolecular Hbond substituents is 1. The molecular formula is C29H33N3O9. The number of fused-ring (bicyclic) bond motifs is 3. The first-order chi connectivity index (χ1) is 19.2. The molecule has 0 saturated heterocycles. The van der Waals surface area contributed by atoms with Gasteiger partial charge < -0.3 is 31.1 Å². The average Bonchev–Trinajstić information content (AvgIpc) is 3.02. The Bertz CT molecular complexity index is 1460. The third-order valence-electron chi connectivity index (χ3n) is 8.33. The van der Waals surface area contributed by atoms with E-state index in [1.165, 1.54) is 49.0 Å². The van der Waals surface area contributed by atoms with E-state index in [1.54, 1.807) is 0 Å². The summed E-state index contributed by atoms with van der Waals surface area (Å²) in [6, 6.07) is 1.40. The van der Waals surface area contributed by atoms with Crippen LogP contribution in [0.1, 0.15) is 46.0 Å². The summed E-state index contributed by atoms with van der Waals surface area (Å²) in [5.74, 6) is -7.70. The van der Waals surface area contributed by atoms with E-state index >= 15 is 0 Å². The van der Waals surface area contributed by atoms with Gasteiger partial charge in [-0.1, -0.05) is 6.08 Å². The lowest BCUT2D eigenvalue weighted by Crippen LogP contribution is -2.62. The number of amides is 2. The summed E-state index contributed by atoms with van der Waals surface area (Å²) in [6.45, 7) is 4.71. The van der Waals surface area contributed by atoms with Gasteiger partial charge in [-0.15, -0.1) is 6.58 Å². The molecule has 0 fully saturated rings. The van der Waals surface area contributed by atoms with Gasteiger partial charge in [0.25, 0.3) is 5.91 Å². The zero-order chi connectivity index (χ0) is 30.5. The summed E-state index contributed by atoms with van der Waals surface area (Å²) < 4.78 is 0. The predicted octanol–water partition coefficient (Wildman–Crippen LogP) is 0.728. The summed E-state index contributed by atoms with van der Waals surface area (Å²) in [4.78, 5) is 67.0. The molecule has 4 atom stereocenters. The van der Waals surface area contributed by atoms with Crippen LogP contribution in [-0.4, -0.2) is 98.2 Å². The smallest absolute Gasteiger partial charge is 0.255 e. The second-order valence-corrected chi connectivity index (χ2v) is 10.9. The standard InChI is InChI=1S/C29H33N3O9/c1-5-8-32(13(2)33)12-21(36)15-6-7-19(34)22-17(15)9-14-10-18-24(31(3)4)25(37)23(28(30)40)27(39)29(18,41)26(38)16(14)11-20(22)35/h5-7,14,18,24,34,38-39,41H,1,8-12H2,2-4H3,(H2,30,40)/t14-,18-,24-,29-/m0/s1. The Morgan fingerprint density at radius 1 is 1.15 bits per heavy atom. The molecule has 0 heterocycles. The van der Waals surface area contributed by atoms with E-state index in [9.17, 15) is 44.4 Å². The minimum absolute atomic E-state index is 0.0351. The maximum Gasteiger partial charge on any atom is 0.255 e. The van der Waals surface area contributed by atoms with Crippen LogP contribution in [0.2, 0.25) is 0 Å². The van der Waals surface area contributed by atoms with Crippen LogP contribution in [-0.2, 0) is 20.8 Å². The van der Waals surface area contributed by atoms with Crippen LogP contribution in [0.4, 0.5) is 0 Å². The number of Topliss-reactive ketones (excluding diaryl/α,β-unsaturated/α-hetero) is 3. The van der Waals surface area contributed by atoms with Crippen molar-refractivity contribution in [3.05, 3.63) is 64.1 Å². The number of nitrogens with zero attached hydrogens (tertiary/aromatic N) is 2. The number of aromatic hydroxyl groups is 1. The van der Waals surface area contributed by atoms with E-state index in [0.29, 0.717) is 0 Å². The van der Waals surface area contributed by atoms with Gasteiger partial charge in [0.1, 0.15) is 22.8 Å². The number of benzene rings is 1. The van der Waals surface area contributed by atoms with Crippen molar-refractivity contribution < 1.29 is 44.4 Å². The summed E-state index contributed by atoms with van der Waals surface area (Å²) in [6.07, 6.45) is 0.927. The van der Waals surface area contributed by atoms with Gasteiger partial charge in [-0.2, -0.15) is 0 Å². The fourth-order valence-electron chi connectivity index (χ4n) is 6.43. The first-order valence-corrected chi connectivity index (χ1v) is 13.0. The molecule has 0 unspecified atom stereocenters. The summed E-state index contributed by atoms with van der Waals surface area (Å²) in [5, 5.41) is 44.8. The Kier molecular flexibility index (Phi) is 7.67. The molecule has 3 aliphatic carbocycles. The third-order valence-corrected chi connectivity index (χ3v) is 8.33. The molecule has 41 heavy (non-hydrogen) atoms. The van der Waals surface area contributed by atoms with Crippen molar-refractivity contribution >= 4 is 29.2 Å². The molecule has 1 aromatic rings. The fourth-order valence-corrected chi connectivity index (χ4v) is 6.43. The first kappa shape index (κ1) is 29.7. The number of likely N-dealkylation sites (N-methyl/N-ethyl adjacent to an activating group) is 1. The van der Waals surface area contributed by atoms with Crippen LogP contribution >= 0.6 is 0 Å². The Hall–Kier alpha value is -4.29.